The van der Waals surface area contributed by atoms with Gasteiger partial charge in [0.25, 0.3) is 0 Å². The normalized spacial score (nSPS) is 9.00. The molecule has 1 aromatic rings. The molecular formula is C6H7N2O. The number of methoxy groups -OCH3 is 1. The number of nitrogen functional groups attached to an aromatic ring is 1. The van der Waals surface area contributed by atoms with Crippen LogP contribution in [0, 0.1) is 6.07 Å². The first-order valence-corrected chi connectivity index (χ1v) is 2.50. The molecular weight excluding hydrogens is 116 g/mol. The van der Waals surface area contributed by atoms with Crippen LogP contribution in [0.25, 0.3) is 0 Å². The molecule has 1 radical (unpaired) electrons. The Morgan fingerprint density at radius 3 is 3.00 bits per heavy atom. The lowest BCUT2D eigenvalue weighted by Crippen LogP contribution is -1.93. The Hall–Kier alpha value is -1.25. The van der Waals surface area contributed by atoms with Crippen LogP contribution in [0.3, 0.4) is 0 Å². The summed E-state index contributed by atoms with van der Waals surface area (Å²) in [7, 11) is 1.52. The second-order valence-electron chi connectivity index (χ2n) is 1.51. The van der Waals surface area contributed by atoms with Crippen LogP contribution in [-0.2, 0) is 0 Å². The van der Waals surface area contributed by atoms with E-state index in [4.69, 9.17) is 10.5 Å². The van der Waals surface area contributed by atoms with Gasteiger partial charge in [0.1, 0.15) is 5.69 Å². The highest BCUT2D eigenvalue weighted by molar-refractivity contribution is 5.45. The van der Waals surface area contributed by atoms with Crippen LogP contribution in [0.4, 0.5) is 5.69 Å². The Morgan fingerprint density at radius 1 is 1.78 bits per heavy atom. The number of hydrogen-bond donors (Lipinski definition) is 1. The van der Waals surface area contributed by atoms with Crippen molar-refractivity contribution in [2.24, 2.45) is 0 Å². The highest BCUT2D eigenvalue weighted by Gasteiger charge is 1.94. The van der Waals surface area contributed by atoms with E-state index in [1.54, 1.807) is 12.3 Å². The fourth-order valence-corrected chi connectivity index (χ4v) is 0.526. The van der Waals surface area contributed by atoms with Gasteiger partial charge in [-0.05, 0) is 6.07 Å². The summed E-state index contributed by atoms with van der Waals surface area (Å²) in [6.45, 7) is 0. The number of rotatable bonds is 1. The monoisotopic (exact) mass is 123 g/mol. The summed E-state index contributed by atoms with van der Waals surface area (Å²) in [5.41, 5.74) is 5.83. The van der Waals surface area contributed by atoms with Crippen LogP contribution in [-0.4, -0.2) is 12.1 Å². The first-order chi connectivity index (χ1) is 4.34. The second kappa shape index (κ2) is 2.35. The van der Waals surface area contributed by atoms with E-state index in [0.29, 0.717) is 11.6 Å². The van der Waals surface area contributed by atoms with E-state index >= 15 is 0 Å². The van der Waals surface area contributed by atoms with Gasteiger partial charge in [-0.15, -0.1) is 0 Å². The predicted molar refractivity (Wildman–Crippen MR) is 34.0 cm³/mol. The number of ether oxygens (including phenoxy) is 1. The first-order valence-electron chi connectivity index (χ1n) is 2.50. The standard InChI is InChI=1S/C6H7N2O/c1-9-6-5(7)3-2-4-8-6/h2,4H,7H2,1H3. The van der Waals surface area contributed by atoms with E-state index < -0.39 is 0 Å². The predicted octanol–water partition coefficient (Wildman–Crippen LogP) is 0.473. The number of anilines is 1. The van der Waals surface area contributed by atoms with Gasteiger partial charge in [-0.2, -0.15) is 0 Å². The van der Waals surface area contributed by atoms with Crippen LogP contribution in [0.1, 0.15) is 0 Å². The van der Waals surface area contributed by atoms with E-state index in [9.17, 15) is 0 Å². The average Bonchev–Trinajstić information content (AvgIpc) is 1.89. The lowest BCUT2D eigenvalue weighted by molar-refractivity contribution is 0.400. The van der Waals surface area contributed by atoms with Crippen LogP contribution in [0.15, 0.2) is 12.3 Å². The van der Waals surface area contributed by atoms with Gasteiger partial charge in [0.05, 0.1) is 7.11 Å². The third-order valence-corrected chi connectivity index (χ3v) is 0.929. The van der Waals surface area contributed by atoms with Crippen molar-refractivity contribution in [2.45, 2.75) is 0 Å². The topological polar surface area (TPSA) is 48.1 Å². The molecule has 0 fully saturated rings. The molecule has 1 heterocycles. The number of pyridine rings is 1. The van der Waals surface area contributed by atoms with Crippen molar-refractivity contribution >= 4 is 5.69 Å². The maximum Gasteiger partial charge on any atom is 0.237 e. The van der Waals surface area contributed by atoms with Crippen LogP contribution >= 0.6 is 0 Å². The van der Waals surface area contributed by atoms with E-state index in [0.717, 1.165) is 0 Å². The molecule has 1 rings (SSSR count). The summed E-state index contributed by atoms with van der Waals surface area (Å²) < 4.78 is 4.78. The summed E-state index contributed by atoms with van der Waals surface area (Å²) in [5, 5.41) is 0. The van der Waals surface area contributed by atoms with Gasteiger partial charge < -0.3 is 10.5 Å². The number of hydrogen-bond acceptors (Lipinski definition) is 3. The Labute approximate surface area is 53.5 Å². The molecule has 0 unspecified atom stereocenters. The Kier molecular flexibility index (Phi) is 1.53. The summed E-state index contributed by atoms with van der Waals surface area (Å²) in [6, 6.07) is 4.38. The highest BCUT2D eigenvalue weighted by atomic mass is 16.5. The molecule has 1 aromatic heterocycles. The molecule has 3 heteroatoms. The SMILES string of the molecule is COc1ncc[c]c1N. The van der Waals surface area contributed by atoms with Gasteiger partial charge in [0.15, 0.2) is 0 Å². The molecule has 3 nitrogen and oxygen atoms in total. The lowest BCUT2D eigenvalue weighted by Gasteiger charge is -1.98. The van der Waals surface area contributed by atoms with Crippen LogP contribution in [0.2, 0.25) is 0 Å². The van der Waals surface area contributed by atoms with Crippen LogP contribution in [0.5, 0.6) is 5.88 Å². The zero-order valence-corrected chi connectivity index (χ0v) is 5.09. The number of nitrogens with zero attached hydrogens (tertiary/aromatic N) is 1. The number of aromatic nitrogens is 1. The van der Waals surface area contributed by atoms with Crippen molar-refractivity contribution in [3.05, 3.63) is 18.3 Å². The Morgan fingerprint density at radius 2 is 2.56 bits per heavy atom. The van der Waals surface area contributed by atoms with Crippen molar-refractivity contribution in [2.75, 3.05) is 12.8 Å². The van der Waals surface area contributed by atoms with Gasteiger partial charge in [-0.25, -0.2) is 4.98 Å². The summed E-state index contributed by atoms with van der Waals surface area (Å²) in [6.07, 6.45) is 1.58. The van der Waals surface area contributed by atoms with Gasteiger partial charge in [0, 0.05) is 12.3 Å². The van der Waals surface area contributed by atoms with Gasteiger partial charge in [-0.1, -0.05) is 0 Å². The van der Waals surface area contributed by atoms with Crippen molar-refractivity contribution in [3.63, 3.8) is 0 Å². The molecule has 0 aliphatic carbocycles. The van der Waals surface area contributed by atoms with Gasteiger partial charge in [-0.3, -0.25) is 0 Å². The maximum atomic E-state index is 5.39. The molecule has 0 aromatic carbocycles. The van der Waals surface area contributed by atoms with Gasteiger partial charge >= 0.3 is 0 Å². The van der Waals surface area contributed by atoms with Crippen molar-refractivity contribution in [3.8, 4) is 5.88 Å². The fraction of sp³-hybridized carbons (Fsp3) is 0.167. The summed E-state index contributed by atoms with van der Waals surface area (Å²) in [5.74, 6) is 0.428. The lowest BCUT2D eigenvalue weighted by atomic mass is 10.4. The number of nitrogens with two attached hydrogens (primary N) is 1. The van der Waals surface area contributed by atoms with E-state index in [-0.39, 0.29) is 0 Å². The maximum absolute atomic E-state index is 5.39. The zero-order chi connectivity index (χ0) is 6.69. The second-order valence-corrected chi connectivity index (χ2v) is 1.51. The Balaban J connectivity index is 3.01. The molecule has 0 atom stereocenters. The first kappa shape index (κ1) is 5.88. The minimum Gasteiger partial charge on any atom is -0.480 e. The zero-order valence-electron chi connectivity index (χ0n) is 5.09. The van der Waals surface area contributed by atoms with E-state index in [2.05, 4.69) is 11.1 Å². The third kappa shape index (κ3) is 1.10. The summed E-state index contributed by atoms with van der Waals surface area (Å²) >= 11 is 0. The highest BCUT2D eigenvalue weighted by Crippen LogP contribution is 2.13. The largest absolute Gasteiger partial charge is 0.480 e. The minimum atomic E-state index is 0.428. The molecule has 0 aliphatic rings. The van der Waals surface area contributed by atoms with Crippen molar-refractivity contribution in [1.29, 1.82) is 0 Å². The van der Waals surface area contributed by atoms with Crippen LogP contribution < -0.4 is 10.5 Å². The van der Waals surface area contributed by atoms with E-state index in [1.807, 2.05) is 0 Å². The summed E-state index contributed by atoms with van der Waals surface area (Å²) in [4.78, 5) is 3.82. The molecule has 47 valence electrons. The molecule has 9 heavy (non-hydrogen) atoms. The molecule has 0 bridgehead atoms. The molecule has 0 saturated carbocycles. The molecule has 0 saturated heterocycles. The molecule has 0 aliphatic heterocycles. The molecule has 2 N–H and O–H groups in total. The third-order valence-electron chi connectivity index (χ3n) is 0.929. The van der Waals surface area contributed by atoms with Crippen molar-refractivity contribution < 1.29 is 4.74 Å². The smallest absolute Gasteiger partial charge is 0.237 e. The average molecular weight is 123 g/mol. The minimum absolute atomic E-state index is 0.428. The molecule has 0 amide bonds. The van der Waals surface area contributed by atoms with E-state index in [1.165, 1.54) is 7.11 Å². The Bertz CT molecular complexity index is 200. The van der Waals surface area contributed by atoms with Crippen molar-refractivity contribution in [1.82, 2.24) is 4.98 Å². The quantitative estimate of drug-likeness (QED) is 0.590. The fourth-order valence-electron chi connectivity index (χ4n) is 0.526. The van der Waals surface area contributed by atoms with Gasteiger partial charge in [0.2, 0.25) is 5.88 Å². The molecule has 0 spiro atoms.